The van der Waals surface area contributed by atoms with Crippen molar-refractivity contribution in [2.75, 3.05) is 0 Å². The largest absolute Gasteiger partial charge is 0.393 e. The van der Waals surface area contributed by atoms with Crippen LogP contribution in [-0.4, -0.2) is 11.2 Å². The van der Waals surface area contributed by atoms with Gasteiger partial charge in [0.15, 0.2) is 0 Å². The number of aliphatic hydroxyl groups excluding tert-OH is 1. The Morgan fingerprint density at radius 3 is 2.34 bits per heavy atom. The van der Waals surface area contributed by atoms with E-state index in [-0.39, 0.29) is 6.10 Å². The van der Waals surface area contributed by atoms with Gasteiger partial charge in [-0.15, -0.1) is 0 Å². The zero-order valence-electron chi connectivity index (χ0n) is 20.0. The molecular weight excluding hydrogens is 352 g/mol. The minimum atomic E-state index is -0.00754. The summed E-state index contributed by atoms with van der Waals surface area (Å²) < 4.78 is 0. The third-order valence-electron chi connectivity index (χ3n) is 12.1. The van der Waals surface area contributed by atoms with Gasteiger partial charge < -0.3 is 5.11 Å². The molecule has 0 amide bonds. The maximum Gasteiger partial charge on any atom is 0.0607 e. The maximum absolute atomic E-state index is 11.3. The minimum absolute atomic E-state index is 0.00754. The molecule has 0 aromatic carbocycles. The van der Waals surface area contributed by atoms with Crippen LogP contribution >= 0.6 is 0 Å². The van der Waals surface area contributed by atoms with Gasteiger partial charge in [0, 0.05) is 5.41 Å². The molecule has 0 aliphatic heterocycles. The molecule has 5 rings (SSSR count). The van der Waals surface area contributed by atoms with E-state index in [1.165, 1.54) is 44.9 Å². The van der Waals surface area contributed by atoms with Crippen LogP contribution in [0.2, 0.25) is 0 Å². The summed E-state index contributed by atoms with van der Waals surface area (Å²) in [5, 5.41) is 11.3. The van der Waals surface area contributed by atoms with Crippen LogP contribution in [0.1, 0.15) is 92.9 Å². The summed E-state index contributed by atoms with van der Waals surface area (Å²) in [6, 6.07) is 0. The molecule has 5 aliphatic rings. The van der Waals surface area contributed by atoms with Crippen LogP contribution in [0, 0.1) is 63.6 Å². The van der Waals surface area contributed by atoms with Gasteiger partial charge in [-0.2, -0.15) is 0 Å². The first kappa shape index (κ1) is 20.6. The van der Waals surface area contributed by atoms with Crippen LogP contribution < -0.4 is 0 Å². The Balaban J connectivity index is 1.37. The first-order chi connectivity index (χ1) is 13.6. The van der Waals surface area contributed by atoms with Crippen molar-refractivity contribution >= 4 is 0 Å². The smallest absolute Gasteiger partial charge is 0.0607 e. The number of hydrogen-bond donors (Lipinski definition) is 1. The van der Waals surface area contributed by atoms with Crippen LogP contribution in [0.15, 0.2) is 12.2 Å². The van der Waals surface area contributed by atoms with Gasteiger partial charge in [0.05, 0.1) is 6.10 Å². The van der Waals surface area contributed by atoms with Gasteiger partial charge in [-0.3, -0.25) is 0 Å². The lowest BCUT2D eigenvalue weighted by atomic mass is 9.45. The van der Waals surface area contributed by atoms with E-state index in [0.29, 0.717) is 28.1 Å². The van der Waals surface area contributed by atoms with Crippen LogP contribution in [0.4, 0.5) is 0 Å². The molecule has 1 nitrogen and oxygen atoms in total. The second-order valence-electron chi connectivity index (χ2n) is 13.1. The molecule has 0 aromatic heterocycles. The summed E-state index contributed by atoms with van der Waals surface area (Å²) in [6.45, 7) is 14.8. The topological polar surface area (TPSA) is 20.2 Å². The highest BCUT2D eigenvalue weighted by Crippen LogP contribution is 2.81. The third kappa shape index (κ3) is 2.61. The molecule has 164 valence electrons. The fourth-order valence-corrected chi connectivity index (χ4v) is 9.92. The molecule has 1 spiro atoms. The van der Waals surface area contributed by atoms with Gasteiger partial charge in [-0.25, -0.2) is 0 Å². The Morgan fingerprint density at radius 2 is 1.66 bits per heavy atom. The van der Waals surface area contributed by atoms with Gasteiger partial charge >= 0.3 is 0 Å². The van der Waals surface area contributed by atoms with E-state index in [1.807, 2.05) is 0 Å². The Labute approximate surface area is 180 Å². The lowest BCUT2D eigenvalue weighted by Gasteiger charge is -2.60. The number of hydrogen-bond acceptors (Lipinski definition) is 1. The summed E-state index contributed by atoms with van der Waals surface area (Å²) >= 11 is 0. The van der Waals surface area contributed by atoms with E-state index >= 15 is 0 Å². The van der Waals surface area contributed by atoms with E-state index in [2.05, 4.69) is 53.7 Å². The second kappa shape index (κ2) is 6.60. The van der Waals surface area contributed by atoms with E-state index in [0.717, 1.165) is 41.9 Å². The van der Waals surface area contributed by atoms with Crippen molar-refractivity contribution in [2.24, 2.45) is 63.6 Å². The summed E-state index contributed by atoms with van der Waals surface area (Å²) in [7, 11) is 0. The molecule has 11 atom stereocenters. The van der Waals surface area contributed by atoms with Crippen molar-refractivity contribution in [3.05, 3.63) is 12.2 Å². The van der Waals surface area contributed by atoms with Crippen molar-refractivity contribution in [1.82, 2.24) is 0 Å². The van der Waals surface area contributed by atoms with Crippen molar-refractivity contribution in [3.63, 3.8) is 0 Å². The van der Waals surface area contributed by atoms with E-state index in [4.69, 9.17) is 0 Å². The Bertz CT molecular complexity index is 680. The lowest BCUT2D eigenvalue weighted by molar-refractivity contribution is -0.151. The molecule has 5 aliphatic carbocycles. The predicted molar refractivity (Wildman–Crippen MR) is 121 cm³/mol. The van der Waals surface area contributed by atoms with Gasteiger partial charge in [0.2, 0.25) is 0 Å². The number of allylic oxidation sites excluding steroid dienone is 2. The predicted octanol–water partition coefficient (Wildman–Crippen LogP) is 7.10. The molecule has 5 saturated carbocycles. The first-order valence-electron chi connectivity index (χ1n) is 13.0. The fraction of sp³-hybridized carbons (Fsp3) is 0.929. The Hall–Kier alpha value is -0.300. The van der Waals surface area contributed by atoms with Crippen molar-refractivity contribution in [3.8, 4) is 0 Å². The highest BCUT2D eigenvalue weighted by Gasteiger charge is 2.77. The van der Waals surface area contributed by atoms with E-state index in [1.54, 1.807) is 0 Å². The molecule has 0 radical (unpaired) electrons. The van der Waals surface area contributed by atoms with Crippen LogP contribution in [0.5, 0.6) is 0 Å². The number of fused-ring (bicyclic) bond motifs is 4. The second-order valence-corrected chi connectivity index (χ2v) is 13.1. The monoisotopic (exact) mass is 398 g/mol. The number of aliphatic hydroxyl groups is 1. The van der Waals surface area contributed by atoms with Crippen LogP contribution in [0.3, 0.4) is 0 Å². The molecule has 1 N–H and O–H groups in total. The molecule has 1 heteroatoms. The van der Waals surface area contributed by atoms with Gasteiger partial charge in [0.25, 0.3) is 0 Å². The third-order valence-corrected chi connectivity index (χ3v) is 12.1. The molecule has 5 fully saturated rings. The van der Waals surface area contributed by atoms with Crippen LogP contribution in [-0.2, 0) is 0 Å². The summed E-state index contributed by atoms with van der Waals surface area (Å²) in [5.74, 6) is 6.33. The van der Waals surface area contributed by atoms with E-state index < -0.39 is 0 Å². The van der Waals surface area contributed by atoms with E-state index in [9.17, 15) is 5.11 Å². The Morgan fingerprint density at radius 1 is 0.897 bits per heavy atom. The molecular formula is C28H46O. The quantitative estimate of drug-likeness (QED) is 0.501. The zero-order valence-corrected chi connectivity index (χ0v) is 20.0. The van der Waals surface area contributed by atoms with Crippen molar-refractivity contribution in [2.45, 2.75) is 99.0 Å². The maximum atomic E-state index is 11.3. The summed E-state index contributed by atoms with van der Waals surface area (Å²) in [6.07, 6.45) is 16.0. The average Bonchev–Trinajstić information content (AvgIpc) is 3.20. The molecule has 0 aromatic rings. The lowest BCUT2D eigenvalue weighted by Crippen LogP contribution is -2.56. The SMILES string of the molecule is CC(C)[C@@H](C)C=C[C@@H](C)[C@H]1CC[C@@H]2[C@@H]3C[C@H](O)C45CC4CC[C@]5(C)[C@H]3CC[C@@]21C. The zero-order chi connectivity index (χ0) is 20.8. The van der Waals surface area contributed by atoms with Gasteiger partial charge in [-0.05, 0) is 110 Å². The molecule has 0 saturated heterocycles. The Kier molecular flexibility index (Phi) is 4.69. The van der Waals surface area contributed by atoms with Crippen molar-refractivity contribution < 1.29 is 5.11 Å². The molecule has 0 heterocycles. The highest BCUT2D eigenvalue weighted by molar-refractivity contribution is 5.25. The normalized spacial score (nSPS) is 55.3. The highest BCUT2D eigenvalue weighted by atomic mass is 16.3. The fourth-order valence-electron chi connectivity index (χ4n) is 9.92. The summed E-state index contributed by atoms with van der Waals surface area (Å²) in [5.41, 5.74) is 1.27. The van der Waals surface area contributed by atoms with Gasteiger partial charge in [-0.1, -0.05) is 53.7 Å². The standard InChI is InChI=1S/C28H46O/c1-17(2)18(3)7-8-19(4)22-9-10-23-21-15-25(29)28-16-20(28)11-14-27(28,6)24(21)12-13-26(22,23)5/h7-8,17-25,29H,9-16H2,1-6H3/t18-,19+,20?,21-,22+,23+,24-,25-,26+,27+,28?/m0/s1. The molecule has 0 bridgehead atoms. The van der Waals surface area contributed by atoms with Crippen LogP contribution in [0.25, 0.3) is 0 Å². The average molecular weight is 399 g/mol. The van der Waals surface area contributed by atoms with Gasteiger partial charge in [0.1, 0.15) is 0 Å². The first-order valence-corrected chi connectivity index (χ1v) is 13.0. The van der Waals surface area contributed by atoms with Crippen molar-refractivity contribution in [1.29, 1.82) is 0 Å². The molecule has 2 unspecified atom stereocenters. The molecule has 29 heavy (non-hydrogen) atoms. The number of rotatable bonds is 4. The summed E-state index contributed by atoms with van der Waals surface area (Å²) in [4.78, 5) is 0. The minimum Gasteiger partial charge on any atom is -0.393 e.